The van der Waals surface area contributed by atoms with Gasteiger partial charge in [-0.25, -0.2) is 0 Å². The second kappa shape index (κ2) is 5.10. The monoisotopic (exact) mass is 200 g/mol. The van der Waals surface area contributed by atoms with Crippen LogP contribution in [0.25, 0.3) is 0 Å². The summed E-state index contributed by atoms with van der Waals surface area (Å²) < 4.78 is 11.4. The van der Waals surface area contributed by atoms with Crippen molar-refractivity contribution in [1.29, 1.82) is 0 Å². The Labute approximate surface area is 85.4 Å². The highest BCUT2D eigenvalue weighted by Crippen LogP contribution is 2.30. The maximum atomic E-state index is 9.15. The van der Waals surface area contributed by atoms with Gasteiger partial charge in [-0.15, -0.1) is 0 Å². The van der Waals surface area contributed by atoms with Crippen molar-refractivity contribution in [3.8, 4) is 0 Å². The number of hydrogen-bond donors (Lipinski definition) is 1. The Morgan fingerprint density at radius 3 is 2.79 bits per heavy atom. The van der Waals surface area contributed by atoms with Gasteiger partial charge < -0.3 is 14.6 Å². The Hall–Kier alpha value is -0.120. The van der Waals surface area contributed by atoms with Gasteiger partial charge in [0.2, 0.25) is 0 Å². The minimum atomic E-state index is 0.000833. The van der Waals surface area contributed by atoms with Crippen molar-refractivity contribution in [3.05, 3.63) is 0 Å². The molecule has 2 rings (SSSR count). The van der Waals surface area contributed by atoms with Crippen LogP contribution < -0.4 is 0 Å². The zero-order valence-electron chi connectivity index (χ0n) is 8.65. The summed E-state index contributed by atoms with van der Waals surface area (Å²) in [5.41, 5.74) is 0. The lowest BCUT2D eigenvalue weighted by molar-refractivity contribution is -0.196. The Kier molecular flexibility index (Phi) is 3.79. The summed E-state index contributed by atoms with van der Waals surface area (Å²) in [6.07, 6.45) is 7.01. The molecule has 0 radical (unpaired) electrons. The molecule has 0 aromatic heterocycles. The Balaban J connectivity index is 1.77. The summed E-state index contributed by atoms with van der Waals surface area (Å²) in [7, 11) is 0. The molecule has 0 spiro atoms. The molecule has 0 bridgehead atoms. The molecule has 82 valence electrons. The van der Waals surface area contributed by atoms with Gasteiger partial charge in [-0.3, -0.25) is 0 Å². The molecule has 3 atom stereocenters. The van der Waals surface area contributed by atoms with Gasteiger partial charge >= 0.3 is 0 Å². The van der Waals surface area contributed by atoms with Crippen molar-refractivity contribution in [2.45, 2.75) is 50.9 Å². The minimum absolute atomic E-state index is 0.000833. The van der Waals surface area contributed by atoms with E-state index in [1.807, 2.05) is 0 Å². The highest BCUT2D eigenvalue weighted by Gasteiger charge is 2.30. The van der Waals surface area contributed by atoms with E-state index in [-0.39, 0.29) is 19.0 Å². The van der Waals surface area contributed by atoms with E-state index in [0.717, 1.165) is 32.3 Å². The number of aliphatic hydroxyl groups is 1. The fourth-order valence-electron chi connectivity index (χ4n) is 2.40. The zero-order valence-corrected chi connectivity index (χ0v) is 8.65. The normalized spacial score (nSPS) is 38.8. The van der Waals surface area contributed by atoms with E-state index in [0.29, 0.717) is 5.92 Å². The SMILES string of the molecule is OC[C@H]1CCC[C@H]1O[C@@H]1CCCCO1. The van der Waals surface area contributed by atoms with Crippen LogP contribution >= 0.6 is 0 Å². The summed E-state index contributed by atoms with van der Waals surface area (Å²) in [6, 6.07) is 0. The van der Waals surface area contributed by atoms with Gasteiger partial charge in [0.1, 0.15) is 0 Å². The first-order chi connectivity index (χ1) is 6.90. The Morgan fingerprint density at radius 1 is 1.14 bits per heavy atom. The minimum Gasteiger partial charge on any atom is -0.396 e. The average molecular weight is 200 g/mol. The summed E-state index contributed by atoms with van der Waals surface area (Å²) in [4.78, 5) is 0. The van der Waals surface area contributed by atoms with Gasteiger partial charge in [-0.1, -0.05) is 6.42 Å². The van der Waals surface area contributed by atoms with Gasteiger partial charge in [-0.05, 0) is 32.1 Å². The summed E-state index contributed by atoms with van der Waals surface area (Å²) in [5, 5.41) is 9.15. The largest absolute Gasteiger partial charge is 0.396 e. The third-order valence-electron chi connectivity index (χ3n) is 3.29. The van der Waals surface area contributed by atoms with Gasteiger partial charge in [0.05, 0.1) is 6.10 Å². The fourth-order valence-corrected chi connectivity index (χ4v) is 2.40. The van der Waals surface area contributed by atoms with Crippen LogP contribution in [0.4, 0.5) is 0 Å². The number of aliphatic hydroxyl groups excluding tert-OH is 1. The molecule has 1 heterocycles. The van der Waals surface area contributed by atoms with E-state index in [4.69, 9.17) is 14.6 Å². The quantitative estimate of drug-likeness (QED) is 0.753. The smallest absolute Gasteiger partial charge is 0.157 e. The summed E-state index contributed by atoms with van der Waals surface area (Å²) >= 11 is 0. The lowest BCUT2D eigenvalue weighted by Gasteiger charge is -2.28. The standard InChI is InChI=1S/C11H20O3/c12-8-9-4-3-5-10(9)14-11-6-1-2-7-13-11/h9-12H,1-8H2/t9-,10-,11-/m1/s1. The molecular formula is C11H20O3. The van der Waals surface area contributed by atoms with Crippen LogP contribution in [0, 0.1) is 5.92 Å². The van der Waals surface area contributed by atoms with Crippen molar-refractivity contribution >= 4 is 0 Å². The van der Waals surface area contributed by atoms with Crippen LogP contribution in [0.5, 0.6) is 0 Å². The highest BCUT2D eigenvalue weighted by molar-refractivity contribution is 4.78. The summed E-state index contributed by atoms with van der Waals surface area (Å²) in [5.74, 6) is 0.348. The molecule has 1 saturated heterocycles. The fraction of sp³-hybridized carbons (Fsp3) is 1.00. The Bertz CT molecular complexity index is 166. The zero-order chi connectivity index (χ0) is 9.80. The first-order valence-electron chi connectivity index (χ1n) is 5.78. The van der Waals surface area contributed by atoms with E-state index in [9.17, 15) is 0 Å². The second-order valence-corrected chi connectivity index (χ2v) is 4.34. The van der Waals surface area contributed by atoms with Crippen molar-refractivity contribution in [3.63, 3.8) is 0 Å². The molecule has 0 aromatic carbocycles. The predicted octanol–water partition coefficient (Wildman–Crippen LogP) is 1.69. The predicted molar refractivity (Wildman–Crippen MR) is 52.9 cm³/mol. The van der Waals surface area contributed by atoms with Crippen molar-refractivity contribution in [2.24, 2.45) is 5.92 Å². The van der Waals surface area contributed by atoms with Crippen LogP contribution in [-0.4, -0.2) is 30.7 Å². The second-order valence-electron chi connectivity index (χ2n) is 4.34. The van der Waals surface area contributed by atoms with E-state index >= 15 is 0 Å². The van der Waals surface area contributed by atoms with Gasteiger partial charge in [-0.2, -0.15) is 0 Å². The molecule has 0 unspecified atom stereocenters. The van der Waals surface area contributed by atoms with Gasteiger partial charge in [0.15, 0.2) is 6.29 Å². The van der Waals surface area contributed by atoms with Gasteiger partial charge in [0.25, 0.3) is 0 Å². The van der Waals surface area contributed by atoms with E-state index in [1.165, 1.54) is 12.8 Å². The molecular weight excluding hydrogens is 180 g/mol. The highest BCUT2D eigenvalue weighted by atomic mass is 16.7. The first-order valence-corrected chi connectivity index (χ1v) is 5.78. The third kappa shape index (κ3) is 2.47. The molecule has 3 nitrogen and oxygen atoms in total. The first kappa shape index (κ1) is 10.4. The maximum absolute atomic E-state index is 9.15. The maximum Gasteiger partial charge on any atom is 0.157 e. The van der Waals surface area contributed by atoms with E-state index in [2.05, 4.69) is 0 Å². The molecule has 2 fully saturated rings. The van der Waals surface area contributed by atoms with Crippen LogP contribution in [0.3, 0.4) is 0 Å². The van der Waals surface area contributed by atoms with Gasteiger partial charge in [0, 0.05) is 19.1 Å². The number of hydrogen-bond acceptors (Lipinski definition) is 3. The van der Waals surface area contributed by atoms with Crippen molar-refractivity contribution < 1.29 is 14.6 Å². The lowest BCUT2D eigenvalue weighted by Crippen LogP contribution is -2.31. The molecule has 0 aromatic rings. The molecule has 3 heteroatoms. The van der Waals surface area contributed by atoms with Crippen LogP contribution in [0.15, 0.2) is 0 Å². The average Bonchev–Trinajstić information content (AvgIpc) is 2.67. The molecule has 1 N–H and O–H groups in total. The number of ether oxygens (including phenoxy) is 2. The number of rotatable bonds is 3. The molecule has 1 aliphatic carbocycles. The topological polar surface area (TPSA) is 38.7 Å². The summed E-state index contributed by atoms with van der Waals surface area (Å²) in [6.45, 7) is 1.10. The van der Waals surface area contributed by atoms with Crippen LogP contribution in [0.2, 0.25) is 0 Å². The Morgan fingerprint density at radius 2 is 2.07 bits per heavy atom. The molecule has 1 saturated carbocycles. The van der Waals surface area contributed by atoms with E-state index < -0.39 is 0 Å². The van der Waals surface area contributed by atoms with Crippen molar-refractivity contribution in [2.75, 3.05) is 13.2 Å². The molecule has 14 heavy (non-hydrogen) atoms. The van der Waals surface area contributed by atoms with Crippen LogP contribution in [0.1, 0.15) is 38.5 Å². The van der Waals surface area contributed by atoms with Crippen molar-refractivity contribution in [1.82, 2.24) is 0 Å². The molecule has 0 amide bonds. The van der Waals surface area contributed by atoms with Crippen LogP contribution in [-0.2, 0) is 9.47 Å². The van der Waals surface area contributed by atoms with E-state index in [1.54, 1.807) is 0 Å². The third-order valence-corrected chi connectivity index (χ3v) is 3.29. The molecule has 2 aliphatic rings. The molecule has 1 aliphatic heterocycles. The lowest BCUT2D eigenvalue weighted by atomic mass is 10.1.